The Balaban J connectivity index is 1.70. The molecule has 5 heteroatoms. The normalized spacial score (nSPS) is 17.5. The molecule has 118 valence electrons. The van der Waals surface area contributed by atoms with Crippen molar-refractivity contribution in [3.63, 3.8) is 0 Å². The van der Waals surface area contributed by atoms with Gasteiger partial charge in [-0.3, -0.25) is 9.48 Å². The molecule has 0 spiro atoms. The SMILES string of the molecule is Cc1ccc(CC(=O)NC2CCCc3cn(C(C)C)nc32)o1. The second kappa shape index (κ2) is 5.99. The molecular formula is C17H23N3O2. The second-order valence-corrected chi connectivity index (χ2v) is 6.31. The number of fused-ring (bicyclic) bond motifs is 1. The summed E-state index contributed by atoms with van der Waals surface area (Å²) >= 11 is 0. The first-order valence-electron chi connectivity index (χ1n) is 7.95. The molecule has 1 aliphatic rings. The summed E-state index contributed by atoms with van der Waals surface area (Å²) in [6.45, 7) is 6.12. The van der Waals surface area contributed by atoms with Crippen molar-refractivity contribution >= 4 is 5.91 Å². The second-order valence-electron chi connectivity index (χ2n) is 6.31. The van der Waals surface area contributed by atoms with Crippen LogP contribution in [-0.2, 0) is 17.6 Å². The standard InChI is InChI=1S/C17H23N3O2/c1-11(2)20-10-13-5-4-6-15(17(13)19-20)18-16(21)9-14-8-7-12(3)22-14/h7-8,10-11,15H,4-6,9H2,1-3H3,(H,18,21). The average Bonchev–Trinajstić information content (AvgIpc) is 3.05. The lowest BCUT2D eigenvalue weighted by Gasteiger charge is -2.22. The zero-order chi connectivity index (χ0) is 15.7. The van der Waals surface area contributed by atoms with Gasteiger partial charge in [-0.1, -0.05) is 0 Å². The van der Waals surface area contributed by atoms with Gasteiger partial charge in [0.05, 0.1) is 18.2 Å². The highest BCUT2D eigenvalue weighted by molar-refractivity contribution is 5.78. The summed E-state index contributed by atoms with van der Waals surface area (Å²) in [5.74, 6) is 1.53. The van der Waals surface area contributed by atoms with Crippen LogP contribution in [0.15, 0.2) is 22.7 Å². The summed E-state index contributed by atoms with van der Waals surface area (Å²) in [5, 5.41) is 7.78. The minimum absolute atomic E-state index is 0.00806. The number of rotatable bonds is 4. The van der Waals surface area contributed by atoms with E-state index in [1.807, 2.05) is 23.7 Å². The van der Waals surface area contributed by atoms with E-state index in [4.69, 9.17) is 4.42 Å². The smallest absolute Gasteiger partial charge is 0.228 e. The third-order valence-corrected chi connectivity index (χ3v) is 4.10. The van der Waals surface area contributed by atoms with Crippen molar-refractivity contribution in [3.8, 4) is 0 Å². The highest BCUT2D eigenvalue weighted by atomic mass is 16.3. The van der Waals surface area contributed by atoms with Crippen LogP contribution in [0.25, 0.3) is 0 Å². The van der Waals surface area contributed by atoms with Gasteiger partial charge in [-0.2, -0.15) is 5.10 Å². The predicted octanol–water partition coefficient (Wildman–Crippen LogP) is 3.10. The zero-order valence-corrected chi connectivity index (χ0v) is 13.4. The quantitative estimate of drug-likeness (QED) is 0.944. The Labute approximate surface area is 130 Å². The van der Waals surface area contributed by atoms with Crippen LogP contribution in [0.4, 0.5) is 0 Å². The van der Waals surface area contributed by atoms with E-state index in [0.29, 0.717) is 11.8 Å². The van der Waals surface area contributed by atoms with Crippen LogP contribution >= 0.6 is 0 Å². The lowest BCUT2D eigenvalue weighted by atomic mass is 9.93. The predicted molar refractivity (Wildman–Crippen MR) is 83.6 cm³/mol. The molecule has 2 aromatic heterocycles. The van der Waals surface area contributed by atoms with E-state index in [9.17, 15) is 4.79 Å². The van der Waals surface area contributed by atoms with Crippen molar-refractivity contribution < 1.29 is 9.21 Å². The van der Waals surface area contributed by atoms with Gasteiger partial charge in [0.25, 0.3) is 0 Å². The van der Waals surface area contributed by atoms with Gasteiger partial charge in [0, 0.05) is 12.2 Å². The van der Waals surface area contributed by atoms with Crippen LogP contribution in [0.1, 0.15) is 61.6 Å². The van der Waals surface area contributed by atoms with E-state index in [0.717, 1.165) is 30.7 Å². The van der Waals surface area contributed by atoms with Gasteiger partial charge < -0.3 is 9.73 Å². The maximum Gasteiger partial charge on any atom is 0.228 e. The van der Waals surface area contributed by atoms with Crippen LogP contribution in [-0.4, -0.2) is 15.7 Å². The van der Waals surface area contributed by atoms with Gasteiger partial charge in [0.2, 0.25) is 5.91 Å². The molecule has 2 aromatic rings. The highest BCUT2D eigenvalue weighted by Crippen LogP contribution is 2.29. The van der Waals surface area contributed by atoms with Crippen LogP contribution in [0.3, 0.4) is 0 Å². The molecule has 1 amide bonds. The number of carbonyl (C=O) groups excluding carboxylic acids is 1. The van der Waals surface area contributed by atoms with E-state index in [1.165, 1.54) is 5.56 Å². The van der Waals surface area contributed by atoms with E-state index in [1.54, 1.807) is 0 Å². The molecule has 1 N–H and O–H groups in total. The van der Waals surface area contributed by atoms with Gasteiger partial charge in [-0.05, 0) is 57.7 Å². The van der Waals surface area contributed by atoms with Crippen molar-refractivity contribution in [2.75, 3.05) is 0 Å². The van der Waals surface area contributed by atoms with Gasteiger partial charge in [-0.15, -0.1) is 0 Å². The molecule has 1 atom stereocenters. The minimum Gasteiger partial charge on any atom is -0.466 e. The van der Waals surface area contributed by atoms with Crippen LogP contribution in [0.5, 0.6) is 0 Å². The first-order chi connectivity index (χ1) is 10.5. The van der Waals surface area contributed by atoms with Crippen LogP contribution in [0, 0.1) is 6.92 Å². The molecule has 0 saturated heterocycles. The van der Waals surface area contributed by atoms with Gasteiger partial charge in [-0.25, -0.2) is 0 Å². The Morgan fingerprint density at radius 2 is 2.32 bits per heavy atom. The molecule has 22 heavy (non-hydrogen) atoms. The maximum atomic E-state index is 12.2. The largest absolute Gasteiger partial charge is 0.466 e. The highest BCUT2D eigenvalue weighted by Gasteiger charge is 2.26. The summed E-state index contributed by atoms with van der Waals surface area (Å²) in [7, 11) is 0. The molecule has 0 fully saturated rings. The van der Waals surface area contributed by atoms with E-state index in [-0.39, 0.29) is 18.4 Å². The molecule has 0 bridgehead atoms. The number of aryl methyl sites for hydroxylation is 2. The molecular weight excluding hydrogens is 278 g/mol. The van der Waals surface area contributed by atoms with Crippen LogP contribution in [0.2, 0.25) is 0 Å². The lowest BCUT2D eigenvalue weighted by molar-refractivity contribution is -0.121. The maximum absolute atomic E-state index is 12.2. The number of nitrogens with one attached hydrogen (secondary N) is 1. The van der Waals surface area contributed by atoms with Crippen molar-refractivity contribution in [2.24, 2.45) is 0 Å². The molecule has 0 aromatic carbocycles. The molecule has 1 aliphatic carbocycles. The lowest BCUT2D eigenvalue weighted by Crippen LogP contribution is -2.32. The average molecular weight is 301 g/mol. The fraction of sp³-hybridized carbons (Fsp3) is 0.529. The Bertz CT molecular complexity index is 669. The fourth-order valence-corrected chi connectivity index (χ4v) is 2.95. The third-order valence-electron chi connectivity index (χ3n) is 4.10. The summed E-state index contributed by atoms with van der Waals surface area (Å²) < 4.78 is 7.46. The first-order valence-corrected chi connectivity index (χ1v) is 7.95. The summed E-state index contributed by atoms with van der Waals surface area (Å²) in [5.41, 5.74) is 2.29. The molecule has 1 unspecified atom stereocenters. The zero-order valence-electron chi connectivity index (χ0n) is 13.4. The van der Waals surface area contributed by atoms with Gasteiger partial charge in [0.1, 0.15) is 11.5 Å². The number of furan rings is 1. The van der Waals surface area contributed by atoms with Gasteiger partial charge in [0.15, 0.2) is 0 Å². The summed E-state index contributed by atoms with van der Waals surface area (Å²) in [4.78, 5) is 12.2. The van der Waals surface area contributed by atoms with Crippen molar-refractivity contribution in [1.82, 2.24) is 15.1 Å². The molecule has 5 nitrogen and oxygen atoms in total. The number of hydrogen-bond donors (Lipinski definition) is 1. The third kappa shape index (κ3) is 3.08. The number of nitrogens with zero attached hydrogens (tertiary/aromatic N) is 2. The number of amides is 1. The molecule has 0 saturated carbocycles. The number of carbonyl (C=O) groups is 1. The molecule has 2 heterocycles. The Morgan fingerprint density at radius 1 is 1.50 bits per heavy atom. The van der Waals surface area contributed by atoms with Crippen LogP contribution < -0.4 is 5.32 Å². The van der Waals surface area contributed by atoms with E-state index in [2.05, 4.69) is 30.5 Å². The van der Waals surface area contributed by atoms with Crippen molar-refractivity contribution in [1.29, 1.82) is 0 Å². The molecule has 3 rings (SSSR count). The van der Waals surface area contributed by atoms with Crippen molar-refractivity contribution in [3.05, 3.63) is 41.1 Å². The first kappa shape index (κ1) is 14.9. The molecule has 0 radical (unpaired) electrons. The number of hydrogen-bond acceptors (Lipinski definition) is 3. The monoisotopic (exact) mass is 301 g/mol. The van der Waals surface area contributed by atoms with E-state index < -0.39 is 0 Å². The Morgan fingerprint density at radius 3 is 3.00 bits per heavy atom. The molecule has 0 aliphatic heterocycles. The fourth-order valence-electron chi connectivity index (χ4n) is 2.95. The summed E-state index contributed by atoms with van der Waals surface area (Å²) in [6, 6.07) is 4.10. The summed E-state index contributed by atoms with van der Waals surface area (Å²) in [6.07, 6.45) is 5.48. The minimum atomic E-state index is -0.00806. The Hall–Kier alpha value is -2.04. The van der Waals surface area contributed by atoms with E-state index >= 15 is 0 Å². The van der Waals surface area contributed by atoms with Crippen molar-refractivity contribution in [2.45, 2.75) is 58.5 Å². The number of aromatic nitrogens is 2. The topological polar surface area (TPSA) is 60.1 Å². The Kier molecular flexibility index (Phi) is 4.05. The van der Waals surface area contributed by atoms with Gasteiger partial charge >= 0.3 is 0 Å².